The summed E-state index contributed by atoms with van der Waals surface area (Å²) in [5.41, 5.74) is 2.78. The second kappa shape index (κ2) is 8.57. The van der Waals surface area contributed by atoms with Crippen LogP contribution in [0.1, 0.15) is 43.7 Å². The number of hydrogen-bond acceptors (Lipinski definition) is 1. The zero-order valence-corrected chi connectivity index (χ0v) is 14.5. The molecule has 0 aromatic heterocycles. The van der Waals surface area contributed by atoms with Crippen LogP contribution < -0.4 is 5.32 Å². The zero-order chi connectivity index (χ0) is 15.1. The van der Waals surface area contributed by atoms with Gasteiger partial charge in [0.2, 0.25) is 5.91 Å². The number of amides is 1. The van der Waals surface area contributed by atoms with Crippen molar-refractivity contribution in [1.29, 1.82) is 0 Å². The van der Waals surface area contributed by atoms with Crippen LogP contribution in [0.25, 0.3) is 0 Å². The summed E-state index contributed by atoms with van der Waals surface area (Å²) in [5, 5.41) is 4.21. The molecule has 0 saturated heterocycles. The fourth-order valence-corrected chi connectivity index (χ4v) is 3.87. The van der Waals surface area contributed by atoms with Crippen LogP contribution in [0, 0.1) is 11.8 Å². The monoisotopic (exact) mass is 351 g/mol. The molecule has 0 fully saturated rings. The van der Waals surface area contributed by atoms with E-state index < -0.39 is 0 Å². The SMILES string of the molecule is CCCC(CCBr)CNC(=O)C1CCc2ccccc2C1. The van der Waals surface area contributed by atoms with E-state index in [2.05, 4.69) is 52.4 Å². The average Bonchev–Trinajstić information content (AvgIpc) is 2.52. The summed E-state index contributed by atoms with van der Waals surface area (Å²) in [5.74, 6) is 1.01. The molecule has 0 saturated carbocycles. The third-order valence-corrected chi connectivity index (χ3v) is 4.95. The Morgan fingerprint density at radius 3 is 2.81 bits per heavy atom. The van der Waals surface area contributed by atoms with Gasteiger partial charge in [0.25, 0.3) is 0 Å². The normalized spacial score (nSPS) is 18.9. The first kappa shape index (κ1) is 16.5. The van der Waals surface area contributed by atoms with Crippen molar-refractivity contribution >= 4 is 21.8 Å². The van der Waals surface area contributed by atoms with Crippen molar-refractivity contribution in [2.24, 2.45) is 11.8 Å². The van der Waals surface area contributed by atoms with E-state index in [9.17, 15) is 4.79 Å². The van der Waals surface area contributed by atoms with Gasteiger partial charge in [-0.15, -0.1) is 0 Å². The first-order valence-corrected chi connectivity index (χ1v) is 9.27. The van der Waals surface area contributed by atoms with Crippen LogP contribution in [0.5, 0.6) is 0 Å². The Morgan fingerprint density at radius 1 is 1.33 bits per heavy atom. The number of rotatable bonds is 7. The molecule has 0 aliphatic heterocycles. The molecule has 0 radical (unpaired) electrons. The van der Waals surface area contributed by atoms with E-state index in [1.807, 2.05) is 0 Å². The molecule has 3 heteroatoms. The maximum Gasteiger partial charge on any atom is 0.223 e. The van der Waals surface area contributed by atoms with Gasteiger partial charge in [-0.2, -0.15) is 0 Å². The molecule has 1 aliphatic rings. The van der Waals surface area contributed by atoms with Gasteiger partial charge < -0.3 is 5.32 Å². The van der Waals surface area contributed by atoms with Crippen molar-refractivity contribution in [3.8, 4) is 0 Å². The summed E-state index contributed by atoms with van der Waals surface area (Å²) in [7, 11) is 0. The number of fused-ring (bicyclic) bond motifs is 1. The van der Waals surface area contributed by atoms with Gasteiger partial charge >= 0.3 is 0 Å². The van der Waals surface area contributed by atoms with Crippen molar-refractivity contribution < 1.29 is 4.79 Å². The zero-order valence-electron chi connectivity index (χ0n) is 12.9. The van der Waals surface area contributed by atoms with Gasteiger partial charge in [0.15, 0.2) is 0 Å². The van der Waals surface area contributed by atoms with Gasteiger partial charge in [0, 0.05) is 17.8 Å². The summed E-state index contributed by atoms with van der Waals surface area (Å²) in [6, 6.07) is 8.53. The molecular formula is C18H26BrNO. The Balaban J connectivity index is 1.84. The highest BCUT2D eigenvalue weighted by atomic mass is 79.9. The maximum atomic E-state index is 12.4. The number of benzene rings is 1. The fourth-order valence-electron chi connectivity index (χ4n) is 3.22. The lowest BCUT2D eigenvalue weighted by Gasteiger charge is -2.25. The number of aryl methyl sites for hydroxylation is 1. The summed E-state index contributed by atoms with van der Waals surface area (Å²) < 4.78 is 0. The lowest BCUT2D eigenvalue weighted by molar-refractivity contribution is -0.125. The van der Waals surface area contributed by atoms with Crippen LogP contribution in [0.2, 0.25) is 0 Å². The van der Waals surface area contributed by atoms with Gasteiger partial charge in [-0.1, -0.05) is 53.5 Å². The largest absolute Gasteiger partial charge is 0.356 e. The molecule has 2 unspecified atom stereocenters. The molecule has 2 nitrogen and oxygen atoms in total. The van der Waals surface area contributed by atoms with Crippen molar-refractivity contribution in [3.63, 3.8) is 0 Å². The number of halogens is 1. The minimum absolute atomic E-state index is 0.158. The van der Waals surface area contributed by atoms with Crippen molar-refractivity contribution in [2.75, 3.05) is 11.9 Å². The molecule has 21 heavy (non-hydrogen) atoms. The van der Waals surface area contributed by atoms with Crippen LogP contribution in [-0.2, 0) is 17.6 Å². The molecule has 1 aliphatic carbocycles. The van der Waals surface area contributed by atoms with E-state index in [0.29, 0.717) is 5.92 Å². The lowest BCUT2D eigenvalue weighted by atomic mass is 9.83. The smallest absolute Gasteiger partial charge is 0.223 e. The summed E-state index contributed by atoms with van der Waals surface area (Å²) in [6.07, 6.45) is 6.44. The average molecular weight is 352 g/mol. The molecule has 0 heterocycles. The molecule has 1 aromatic rings. The molecule has 116 valence electrons. The van der Waals surface area contributed by atoms with Crippen LogP contribution in [-0.4, -0.2) is 17.8 Å². The third-order valence-electron chi connectivity index (χ3n) is 4.50. The van der Waals surface area contributed by atoms with Gasteiger partial charge in [0.05, 0.1) is 0 Å². The van der Waals surface area contributed by atoms with Gasteiger partial charge in [0.1, 0.15) is 0 Å². The Kier molecular flexibility index (Phi) is 6.75. The highest BCUT2D eigenvalue weighted by Gasteiger charge is 2.24. The number of carbonyl (C=O) groups is 1. The van der Waals surface area contributed by atoms with E-state index in [1.165, 1.54) is 24.0 Å². The van der Waals surface area contributed by atoms with Crippen LogP contribution >= 0.6 is 15.9 Å². The number of hydrogen-bond donors (Lipinski definition) is 1. The fraction of sp³-hybridized carbons (Fsp3) is 0.611. The summed E-state index contributed by atoms with van der Waals surface area (Å²) in [6.45, 7) is 3.04. The molecule has 1 aromatic carbocycles. The van der Waals surface area contributed by atoms with Crippen molar-refractivity contribution in [3.05, 3.63) is 35.4 Å². The molecule has 0 bridgehead atoms. The summed E-state index contributed by atoms with van der Waals surface area (Å²) in [4.78, 5) is 12.4. The highest BCUT2D eigenvalue weighted by Crippen LogP contribution is 2.25. The molecule has 1 amide bonds. The Labute approximate surface area is 136 Å². The highest BCUT2D eigenvalue weighted by molar-refractivity contribution is 9.09. The number of carbonyl (C=O) groups excluding carboxylic acids is 1. The second-order valence-electron chi connectivity index (χ2n) is 6.09. The van der Waals surface area contributed by atoms with Gasteiger partial charge in [-0.05, 0) is 49.1 Å². The first-order chi connectivity index (χ1) is 10.2. The molecule has 2 rings (SSSR count). The Hall–Kier alpha value is -0.830. The van der Waals surface area contributed by atoms with Crippen LogP contribution in [0.3, 0.4) is 0 Å². The van der Waals surface area contributed by atoms with Crippen molar-refractivity contribution in [2.45, 2.75) is 45.4 Å². The quantitative estimate of drug-likeness (QED) is 0.735. The van der Waals surface area contributed by atoms with E-state index in [-0.39, 0.29) is 11.8 Å². The number of nitrogens with one attached hydrogen (secondary N) is 1. The van der Waals surface area contributed by atoms with Crippen molar-refractivity contribution in [1.82, 2.24) is 5.32 Å². The Morgan fingerprint density at radius 2 is 2.10 bits per heavy atom. The minimum atomic E-state index is 0.158. The van der Waals surface area contributed by atoms with E-state index in [4.69, 9.17) is 0 Å². The summed E-state index contributed by atoms with van der Waals surface area (Å²) >= 11 is 3.51. The van der Waals surface area contributed by atoms with E-state index in [1.54, 1.807) is 0 Å². The maximum absolute atomic E-state index is 12.4. The standard InChI is InChI=1S/C18H26BrNO/c1-2-5-14(10-11-19)13-20-18(21)17-9-8-15-6-3-4-7-16(15)12-17/h3-4,6-7,14,17H,2,5,8-13H2,1H3,(H,20,21). The van der Waals surface area contributed by atoms with Crippen LogP contribution in [0.15, 0.2) is 24.3 Å². The van der Waals surface area contributed by atoms with Gasteiger partial charge in [-0.3, -0.25) is 4.79 Å². The topological polar surface area (TPSA) is 29.1 Å². The molecular weight excluding hydrogens is 326 g/mol. The predicted octanol–water partition coefficient (Wildman–Crippen LogP) is 4.11. The van der Waals surface area contributed by atoms with Crippen LogP contribution in [0.4, 0.5) is 0 Å². The van der Waals surface area contributed by atoms with E-state index >= 15 is 0 Å². The minimum Gasteiger partial charge on any atom is -0.356 e. The molecule has 0 spiro atoms. The molecule has 2 atom stereocenters. The second-order valence-corrected chi connectivity index (χ2v) is 6.88. The Bertz CT molecular complexity index is 454. The number of alkyl halides is 1. The molecule has 1 N–H and O–H groups in total. The third kappa shape index (κ3) is 4.84. The first-order valence-electron chi connectivity index (χ1n) is 8.15. The predicted molar refractivity (Wildman–Crippen MR) is 91.8 cm³/mol. The lowest BCUT2D eigenvalue weighted by Crippen LogP contribution is -2.37. The van der Waals surface area contributed by atoms with E-state index in [0.717, 1.165) is 37.6 Å². The van der Waals surface area contributed by atoms with Gasteiger partial charge in [-0.25, -0.2) is 0 Å².